The van der Waals surface area contributed by atoms with Crippen molar-refractivity contribution in [2.45, 2.75) is 18.7 Å². The van der Waals surface area contributed by atoms with Crippen LogP contribution in [0, 0.1) is 13.8 Å². The molecule has 1 aliphatic heterocycles. The van der Waals surface area contributed by atoms with Crippen molar-refractivity contribution in [3.63, 3.8) is 0 Å². The van der Waals surface area contributed by atoms with Crippen LogP contribution in [0.5, 0.6) is 5.75 Å². The lowest BCUT2D eigenvalue weighted by molar-refractivity contribution is -0.0164. The van der Waals surface area contributed by atoms with E-state index in [1.807, 2.05) is 6.07 Å². The molecule has 0 aromatic heterocycles. The van der Waals surface area contributed by atoms with E-state index in [1.165, 1.54) is 11.1 Å². The third-order valence-corrected chi connectivity index (χ3v) is 3.18. The number of ether oxygens (including phenoxy) is 2. The summed E-state index contributed by atoms with van der Waals surface area (Å²) in [6.07, 6.45) is 0. The van der Waals surface area contributed by atoms with Gasteiger partial charge in [-0.25, -0.2) is 0 Å². The van der Waals surface area contributed by atoms with E-state index in [9.17, 15) is 0 Å². The van der Waals surface area contributed by atoms with Crippen LogP contribution in [0.1, 0.15) is 16.7 Å². The monoisotopic (exact) mass is 226 g/mol. The van der Waals surface area contributed by atoms with Crippen LogP contribution in [0.4, 0.5) is 0 Å². The highest BCUT2D eigenvalue weighted by molar-refractivity contribution is 6.25. The highest BCUT2D eigenvalue weighted by Crippen LogP contribution is 2.43. The fraction of sp³-hybridized carbons (Fsp3) is 0.500. The summed E-state index contributed by atoms with van der Waals surface area (Å²) in [6.45, 7) is 5.24. The van der Waals surface area contributed by atoms with Crippen LogP contribution in [-0.4, -0.2) is 20.3 Å². The van der Waals surface area contributed by atoms with Crippen molar-refractivity contribution in [3.05, 3.63) is 28.8 Å². The summed E-state index contributed by atoms with van der Waals surface area (Å²) in [5.41, 5.74) is 3.43. The van der Waals surface area contributed by atoms with Crippen molar-refractivity contribution in [1.82, 2.24) is 0 Å². The van der Waals surface area contributed by atoms with Gasteiger partial charge in [0.05, 0.1) is 20.3 Å². The Bertz CT molecular complexity index is 383. The molecule has 0 radical (unpaired) electrons. The molecule has 0 atom stereocenters. The average Bonchev–Trinajstić information content (AvgIpc) is 2.13. The lowest BCUT2D eigenvalue weighted by Crippen LogP contribution is -2.42. The quantitative estimate of drug-likeness (QED) is 0.722. The van der Waals surface area contributed by atoms with Gasteiger partial charge in [0.1, 0.15) is 10.6 Å². The van der Waals surface area contributed by atoms with Crippen molar-refractivity contribution in [2.24, 2.45) is 0 Å². The van der Waals surface area contributed by atoms with Gasteiger partial charge in [0.25, 0.3) is 0 Å². The first kappa shape index (κ1) is 10.8. The molecule has 0 unspecified atom stereocenters. The lowest BCUT2D eigenvalue weighted by atomic mass is 9.90. The summed E-state index contributed by atoms with van der Waals surface area (Å²) in [6, 6.07) is 4.14. The molecule has 1 saturated heterocycles. The molecule has 3 heteroatoms. The minimum absolute atomic E-state index is 0.386. The zero-order chi connectivity index (χ0) is 11.1. The minimum Gasteiger partial charge on any atom is -0.496 e. The molecule has 0 saturated carbocycles. The van der Waals surface area contributed by atoms with E-state index in [4.69, 9.17) is 21.1 Å². The van der Waals surface area contributed by atoms with E-state index in [0.717, 1.165) is 11.3 Å². The van der Waals surface area contributed by atoms with Crippen LogP contribution < -0.4 is 4.74 Å². The number of hydrogen-bond donors (Lipinski definition) is 0. The largest absolute Gasteiger partial charge is 0.496 e. The Labute approximate surface area is 95.1 Å². The number of benzene rings is 1. The van der Waals surface area contributed by atoms with Crippen LogP contribution in [-0.2, 0) is 9.61 Å². The number of hydrogen-bond acceptors (Lipinski definition) is 2. The van der Waals surface area contributed by atoms with Gasteiger partial charge < -0.3 is 9.47 Å². The summed E-state index contributed by atoms with van der Waals surface area (Å²) in [4.78, 5) is -0.386. The zero-order valence-corrected chi connectivity index (χ0v) is 10.0. The summed E-state index contributed by atoms with van der Waals surface area (Å²) in [5, 5.41) is 0. The summed E-state index contributed by atoms with van der Waals surface area (Å²) >= 11 is 6.47. The second kappa shape index (κ2) is 3.69. The van der Waals surface area contributed by atoms with E-state index < -0.39 is 0 Å². The molecule has 1 heterocycles. The molecular formula is C12H15ClO2. The van der Waals surface area contributed by atoms with Gasteiger partial charge in [-0.3, -0.25) is 0 Å². The van der Waals surface area contributed by atoms with Crippen molar-refractivity contribution >= 4 is 11.6 Å². The molecule has 0 bridgehead atoms. The summed E-state index contributed by atoms with van der Waals surface area (Å²) < 4.78 is 10.6. The van der Waals surface area contributed by atoms with E-state index in [0.29, 0.717) is 13.2 Å². The minimum atomic E-state index is -0.386. The molecule has 1 aromatic rings. The van der Waals surface area contributed by atoms with Crippen molar-refractivity contribution < 1.29 is 9.47 Å². The predicted octanol–water partition coefficient (Wildman–Crippen LogP) is 2.78. The van der Waals surface area contributed by atoms with Crippen molar-refractivity contribution in [2.75, 3.05) is 20.3 Å². The average molecular weight is 227 g/mol. The smallest absolute Gasteiger partial charge is 0.124 e. The number of halogens is 1. The van der Waals surface area contributed by atoms with Crippen LogP contribution >= 0.6 is 11.6 Å². The van der Waals surface area contributed by atoms with Gasteiger partial charge in [0.2, 0.25) is 0 Å². The third-order valence-electron chi connectivity index (χ3n) is 2.77. The molecule has 0 amide bonds. The maximum atomic E-state index is 6.47. The molecule has 1 aliphatic rings. The molecule has 0 spiro atoms. The van der Waals surface area contributed by atoms with Crippen LogP contribution in [0.3, 0.4) is 0 Å². The van der Waals surface area contributed by atoms with E-state index in [1.54, 1.807) is 7.11 Å². The van der Waals surface area contributed by atoms with Gasteiger partial charge in [-0.2, -0.15) is 0 Å². The first-order valence-electron chi connectivity index (χ1n) is 4.99. The standard InChI is InChI=1S/C12H15ClO2/c1-8-4-9(2)11(10(5-8)14-3)12(13)6-15-7-12/h4-5H,6-7H2,1-3H3. The van der Waals surface area contributed by atoms with Gasteiger partial charge in [-0.15, -0.1) is 11.6 Å². The maximum absolute atomic E-state index is 6.47. The zero-order valence-electron chi connectivity index (χ0n) is 9.26. The second-order valence-corrected chi connectivity index (χ2v) is 4.84. The fourth-order valence-electron chi connectivity index (χ4n) is 2.09. The normalized spacial score (nSPS) is 18.4. The molecular weight excluding hydrogens is 212 g/mol. The molecule has 1 aromatic carbocycles. The van der Waals surface area contributed by atoms with Crippen molar-refractivity contribution in [1.29, 1.82) is 0 Å². The molecule has 82 valence electrons. The van der Waals surface area contributed by atoms with Gasteiger partial charge in [-0.05, 0) is 31.0 Å². The summed E-state index contributed by atoms with van der Waals surface area (Å²) in [7, 11) is 1.68. The van der Waals surface area contributed by atoms with Crippen LogP contribution in [0.25, 0.3) is 0 Å². The Morgan fingerprint density at radius 2 is 2.00 bits per heavy atom. The molecule has 0 aliphatic carbocycles. The number of aryl methyl sites for hydroxylation is 2. The first-order chi connectivity index (χ1) is 7.07. The van der Waals surface area contributed by atoms with E-state index in [2.05, 4.69) is 19.9 Å². The van der Waals surface area contributed by atoms with Gasteiger partial charge in [-0.1, -0.05) is 6.07 Å². The lowest BCUT2D eigenvalue weighted by Gasteiger charge is -2.37. The van der Waals surface area contributed by atoms with Gasteiger partial charge >= 0.3 is 0 Å². The van der Waals surface area contributed by atoms with Crippen LogP contribution in [0.15, 0.2) is 12.1 Å². The maximum Gasteiger partial charge on any atom is 0.124 e. The van der Waals surface area contributed by atoms with E-state index in [-0.39, 0.29) is 4.87 Å². The number of rotatable bonds is 2. The highest BCUT2D eigenvalue weighted by Gasteiger charge is 2.41. The number of methoxy groups -OCH3 is 1. The summed E-state index contributed by atoms with van der Waals surface area (Å²) in [5.74, 6) is 0.866. The Hall–Kier alpha value is -0.730. The van der Waals surface area contributed by atoms with Crippen LogP contribution in [0.2, 0.25) is 0 Å². The third kappa shape index (κ3) is 1.72. The molecule has 15 heavy (non-hydrogen) atoms. The second-order valence-electron chi connectivity index (χ2n) is 4.12. The van der Waals surface area contributed by atoms with Crippen molar-refractivity contribution in [3.8, 4) is 5.75 Å². The Morgan fingerprint density at radius 1 is 1.33 bits per heavy atom. The van der Waals surface area contributed by atoms with Gasteiger partial charge in [0.15, 0.2) is 0 Å². The SMILES string of the molecule is COc1cc(C)cc(C)c1C1(Cl)COC1. The highest BCUT2D eigenvalue weighted by atomic mass is 35.5. The molecule has 2 nitrogen and oxygen atoms in total. The Kier molecular flexibility index (Phi) is 2.65. The first-order valence-corrected chi connectivity index (χ1v) is 5.37. The van der Waals surface area contributed by atoms with E-state index >= 15 is 0 Å². The molecule has 1 fully saturated rings. The predicted molar refractivity (Wildman–Crippen MR) is 60.8 cm³/mol. The fourth-order valence-corrected chi connectivity index (χ4v) is 2.49. The molecule has 0 N–H and O–H groups in total. The Morgan fingerprint density at radius 3 is 2.47 bits per heavy atom. The molecule has 2 rings (SSSR count). The van der Waals surface area contributed by atoms with Gasteiger partial charge in [0, 0.05) is 5.56 Å². The topological polar surface area (TPSA) is 18.5 Å². The number of alkyl halides is 1. The Balaban J connectivity index is 2.53.